The number of ether oxygens (including phenoxy) is 2. The number of carbonyl (C=O) groups is 2. The van der Waals surface area contributed by atoms with E-state index in [0.717, 1.165) is 28.8 Å². The van der Waals surface area contributed by atoms with Crippen LogP contribution in [0.3, 0.4) is 0 Å². The number of hydrogen-bond donors (Lipinski definition) is 1. The van der Waals surface area contributed by atoms with Crippen LogP contribution in [0.2, 0.25) is 0 Å². The summed E-state index contributed by atoms with van der Waals surface area (Å²) in [4.78, 5) is 29.2. The van der Waals surface area contributed by atoms with Crippen molar-refractivity contribution in [2.45, 2.75) is 32.6 Å². The summed E-state index contributed by atoms with van der Waals surface area (Å²) in [6.07, 6.45) is 10.7. The Bertz CT molecular complexity index is 1150. The molecule has 6 heteroatoms. The van der Waals surface area contributed by atoms with Crippen molar-refractivity contribution >= 4 is 24.3 Å². The minimum atomic E-state index is -0.228. The van der Waals surface area contributed by atoms with E-state index in [-0.39, 0.29) is 31.0 Å². The summed E-state index contributed by atoms with van der Waals surface area (Å²) < 4.78 is 11.0. The number of aromatic amines is 1. The highest BCUT2D eigenvalue weighted by Gasteiger charge is 2.40. The Kier molecular flexibility index (Phi) is 5.98. The fourth-order valence-corrected chi connectivity index (χ4v) is 4.62. The molecule has 0 spiro atoms. The summed E-state index contributed by atoms with van der Waals surface area (Å²) >= 11 is 0. The van der Waals surface area contributed by atoms with Gasteiger partial charge < -0.3 is 19.4 Å². The molecule has 31 heavy (non-hydrogen) atoms. The van der Waals surface area contributed by atoms with Crippen molar-refractivity contribution < 1.29 is 19.1 Å². The number of allylic oxidation sites excluding steroid dienone is 2. The number of fused-ring (bicyclic) bond motifs is 4. The molecule has 1 amide bonds. The van der Waals surface area contributed by atoms with Crippen LogP contribution in [-0.2, 0) is 16.0 Å². The molecule has 0 saturated carbocycles. The summed E-state index contributed by atoms with van der Waals surface area (Å²) in [5.41, 5.74) is 3.31. The predicted octanol–water partition coefficient (Wildman–Crippen LogP) is 2.25. The minimum Gasteiger partial charge on any atom is -0.454 e. The van der Waals surface area contributed by atoms with E-state index in [0.29, 0.717) is 18.6 Å². The highest BCUT2D eigenvalue weighted by molar-refractivity contribution is 5.87. The molecule has 0 bridgehead atoms. The van der Waals surface area contributed by atoms with Crippen LogP contribution in [0.4, 0.5) is 0 Å². The predicted molar refractivity (Wildman–Crippen MR) is 119 cm³/mol. The first-order valence-electron chi connectivity index (χ1n) is 10.8. The largest absolute Gasteiger partial charge is 0.454 e. The smallest absolute Gasteiger partial charge is 0.231 e. The van der Waals surface area contributed by atoms with Crippen LogP contribution < -0.4 is 20.0 Å². The van der Waals surface area contributed by atoms with Gasteiger partial charge in [-0.15, -0.1) is 0 Å². The van der Waals surface area contributed by atoms with Crippen molar-refractivity contribution in [3.8, 4) is 11.5 Å². The molecule has 2 aromatic rings. The Hall–Kier alpha value is -3.28. The van der Waals surface area contributed by atoms with Gasteiger partial charge in [-0.2, -0.15) is 0 Å². The highest BCUT2D eigenvalue weighted by atomic mass is 16.7. The molecular formula is C25H28N2O4. The first kappa shape index (κ1) is 21.0. The van der Waals surface area contributed by atoms with Crippen LogP contribution in [0.15, 0.2) is 30.4 Å². The number of rotatable bonds is 5. The molecule has 2 aliphatic carbocycles. The first-order valence-corrected chi connectivity index (χ1v) is 10.8. The van der Waals surface area contributed by atoms with Gasteiger partial charge in [-0.3, -0.25) is 9.59 Å². The summed E-state index contributed by atoms with van der Waals surface area (Å²) in [6.45, 7) is 4.33. The van der Waals surface area contributed by atoms with E-state index in [1.807, 2.05) is 32.0 Å². The van der Waals surface area contributed by atoms with E-state index in [1.165, 1.54) is 15.7 Å². The number of amides is 1. The second-order valence-corrected chi connectivity index (χ2v) is 7.77. The molecule has 0 radical (unpaired) electrons. The van der Waals surface area contributed by atoms with Crippen LogP contribution >= 0.6 is 0 Å². The number of hydrogen-bond acceptors (Lipinski definition) is 4. The van der Waals surface area contributed by atoms with E-state index >= 15 is 0 Å². The Morgan fingerprint density at radius 1 is 1.26 bits per heavy atom. The SMILES string of the molecule is CC.CN(C=O)CC(=O)C1Cc2c([nH]c3c2=CCC=CC=3)[C@H]1c1ccc2c(c1)OCO2. The second-order valence-electron chi connectivity index (χ2n) is 7.77. The van der Waals surface area contributed by atoms with Gasteiger partial charge in [0, 0.05) is 29.9 Å². The average molecular weight is 421 g/mol. The summed E-state index contributed by atoms with van der Waals surface area (Å²) in [6, 6.07) is 5.89. The lowest BCUT2D eigenvalue weighted by molar-refractivity contribution is -0.128. The molecule has 6 nitrogen and oxygen atoms in total. The molecule has 0 saturated heterocycles. The molecule has 1 aromatic carbocycles. The second kappa shape index (κ2) is 8.84. The first-order chi connectivity index (χ1) is 15.2. The number of likely N-dealkylation sites (N-methyl/N-ethyl adjacent to an activating group) is 1. The molecule has 2 atom stereocenters. The van der Waals surface area contributed by atoms with Crippen molar-refractivity contribution in [2.75, 3.05) is 20.4 Å². The summed E-state index contributed by atoms with van der Waals surface area (Å²) in [5, 5.41) is 2.28. The zero-order valence-corrected chi connectivity index (χ0v) is 18.2. The fraction of sp³-hybridized carbons (Fsp3) is 0.360. The maximum atomic E-state index is 13.1. The van der Waals surface area contributed by atoms with Crippen molar-refractivity contribution in [1.29, 1.82) is 0 Å². The van der Waals surface area contributed by atoms with Crippen molar-refractivity contribution in [3.63, 3.8) is 0 Å². The molecule has 1 unspecified atom stereocenters. The molecule has 0 fully saturated rings. The number of benzene rings is 1. The maximum absolute atomic E-state index is 13.1. The van der Waals surface area contributed by atoms with Gasteiger partial charge in [-0.05, 0) is 47.4 Å². The third-order valence-corrected chi connectivity index (χ3v) is 5.96. The maximum Gasteiger partial charge on any atom is 0.231 e. The van der Waals surface area contributed by atoms with E-state index in [4.69, 9.17) is 9.47 Å². The number of carbonyl (C=O) groups excluding carboxylic acids is 2. The van der Waals surface area contributed by atoms with Gasteiger partial charge in [-0.1, -0.05) is 38.1 Å². The van der Waals surface area contributed by atoms with Crippen molar-refractivity contribution in [2.24, 2.45) is 5.92 Å². The number of aromatic nitrogens is 1. The van der Waals surface area contributed by atoms with E-state index in [1.54, 1.807) is 7.05 Å². The number of nitrogens with one attached hydrogen (secondary N) is 1. The lowest BCUT2D eigenvalue weighted by Gasteiger charge is -2.22. The van der Waals surface area contributed by atoms with E-state index in [9.17, 15) is 9.59 Å². The lowest BCUT2D eigenvalue weighted by Crippen LogP contribution is -2.33. The monoisotopic (exact) mass is 420 g/mol. The van der Waals surface area contributed by atoms with E-state index < -0.39 is 0 Å². The van der Waals surface area contributed by atoms with Crippen LogP contribution in [0.25, 0.3) is 12.2 Å². The highest BCUT2D eigenvalue weighted by Crippen LogP contribution is 2.44. The molecule has 5 rings (SSSR count). The van der Waals surface area contributed by atoms with Gasteiger partial charge in [0.15, 0.2) is 17.3 Å². The Balaban J connectivity index is 0.00000112. The summed E-state index contributed by atoms with van der Waals surface area (Å²) in [5.74, 6) is 1.17. The van der Waals surface area contributed by atoms with Gasteiger partial charge in [0.2, 0.25) is 13.2 Å². The summed E-state index contributed by atoms with van der Waals surface area (Å²) in [7, 11) is 1.63. The van der Waals surface area contributed by atoms with Gasteiger partial charge >= 0.3 is 0 Å². The van der Waals surface area contributed by atoms with Crippen molar-refractivity contribution in [1.82, 2.24) is 9.88 Å². The quantitative estimate of drug-likeness (QED) is 0.754. The van der Waals surface area contributed by atoms with Gasteiger partial charge in [0.25, 0.3) is 0 Å². The molecule has 3 aliphatic rings. The van der Waals surface area contributed by atoms with Gasteiger partial charge in [0.1, 0.15) is 0 Å². The van der Waals surface area contributed by atoms with Crippen LogP contribution in [0.1, 0.15) is 43.0 Å². The van der Waals surface area contributed by atoms with Gasteiger partial charge in [0.05, 0.1) is 6.54 Å². The van der Waals surface area contributed by atoms with Crippen LogP contribution in [-0.4, -0.2) is 42.5 Å². The van der Waals surface area contributed by atoms with Crippen LogP contribution in [0.5, 0.6) is 11.5 Å². The van der Waals surface area contributed by atoms with Gasteiger partial charge in [-0.25, -0.2) is 0 Å². The topological polar surface area (TPSA) is 71.6 Å². The Morgan fingerprint density at radius 2 is 2.06 bits per heavy atom. The fourth-order valence-electron chi connectivity index (χ4n) is 4.62. The Morgan fingerprint density at radius 3 is 2.87 bits per heavy atom. The molecule has 1 aromatic heterocycles. The number of H-pyrrole nitrogens is 1. The Labute approximate surface area is 181 Å². The minimum absolute atomic E-state index is 0.0661. The molecular weight excluding hydrogens is 392 g/mol. The molecule has 1 aliphatic heterocycles. The molecule has 2 heterocycles. The number of ketones is 1. The van der Waals surface area contributed by atoms with Crippen molar-refractivity contribution in [3.05, 3.63) is 57.7 Å². The van der Waals surface area contributed by atoms with E-state index in [2.05, 4.69) is 29.3 Å². The number of nitrogens with zero attached hydrogens (tertiary/aromatic N) is 1. The van der Waals surface area contributed by atoms with Crippen LogP contribution in [0, 0.1) is 5.92 Å². The normalized spacial score (nSPS) is 19.7. The standard InChI is InChI=1S/C23H22N2O4.C2H6/c1-25(12-26)11-19(27)17-10-16-15-5-3-2-4-6-18(15)24-23(16)22(17)14-7-8-20-21(9-14)29-13-28-20;1-2/h2,4-9,12,17,22,24H,3,10-11,13H2,1H3;1-2H3/t17?,22-;/m0./s1. The average Bonchev–Trinajstić information content (AvgIpc) is 3.44. The zero-order chi connectivity index (χ0) is 22.0. The molecule has 1 N–H and O–H groups in total. The third-order valence-electron chi connectivity index (χ3n) is 5.96. The number of Topliss-reactive ketones (excluding diaryl/α,β-unsaturated/α-hetero) is 1. The zero-order valence-electron chi connectivity index (χ0n) is 18.2. The third kappa shape index (κ3) is 3.78. The lowest BCUT2D eigenvalue weighted by atomic mass is 9.84. The molecule has 162 valence electrons.